The number of thiazole rings is 1. The number of aromatic nitrogens is 3. The van der Waals surface area contributed by atoms with Crippen molar-refractivity contribution in [3.05, 3.63) is 27.8 Å². The van der Waals surface area contributed by atoms with Gasteiger partial charge in [0, 0.05) is 18.1 Å². The molecule has 0 radical (unpaired) electrons. The normalized spacial score (nSPS) is 12.2. The van der Waals surface area contributed by atoms with Crippen molar-refractivity contribution >= 4 is 23.1 Å². The lowest BCUT2D eigenvalue weighted by Gasteiger charge is -2.13. The molecule has 6 heteroatoms. The molecule has 0 aliphatic rings. The first-order valence-electron chi connectivity index (χ1n) is 5.81. The van der Waals surface area contributed by atoms with Gasteiger partial charge in [-0.25, -0.2) is 9.97 Å². The second kappa shape index (κ2) is 5.30. The van der Waals surface area contributed by atoms with E-state index in [1.54, 1.807) is 24.6 Å². The van der Waals surface area contributed by atoms with Gasteiger partial charge < -0.3 is 10.6 Å². The number of hydrogen-bond acceptors (Lipinski definition) is 6. The Hall–Kier alpha value is -1.69. The molecule has 5 nitrogen and oxygen atoms in total. The van der Waals surface area contributed by atoms with Crippen LogP contribution in [0.1, 0.15) is 28.5 Å². The summed E-state index contributed by atoms with van der Waals surface area (Å²) in [6.45, 7) is 6.18. The van der Waals surface area contributed by atoms with Gasteiger partial charge in [0.1, 0.15) is 5.82 Å². The lowest BCUT2D eigenvalue weighted by atomic mass is 10.2. The molecule has 2 aromatic rings. The van der Waals surface area contributed by atoms with Crippen molar-refractivity contribution in [3.63, 3.8) is 0 Å². The topological polar surface area (TPSA) is 62.7 Å². The highest BCUT2D eigenvalue weighted by atomic mass is 32.1. The third-order valence-electron chi connectivity index (χ3n) is 2.58. The van der Waals surface area contributed by atoms with Crippen molar-refractivity contribution < 1.29 is 0 Å². The molecule has 96 valence electrons. The first-order valence-corrected chi connectivity index (χ1v) is 6.63. The molecule has 0 saturated carbocycles. The van der Waals surface area contributed by atoms with Crippen molar-refractivity contribution in [2.75, 3.05) is 17.7 Å². The third kappa shape index (κ3) is 2.76. The summed E-state index contributed by atoms with van der Waals surface area (Å²) in [5.41, 5.74) is 1.08. The van der Waals surface area contributed by atoms with Crippen LogP contribution in [0.3, 0.4) is 0 Å². The zero-order valence-corrected chi connectivity index (χ0v) is 11.8. The Morgan fingerprint density at radius 3 is 2.67 bits per heavy atom. The maximum Gasteiger partial charge on any atom is 0.224 e. The number of aryl methyl sites for hydroxylation is 2. The van der Waals surface area contributed by atoms with Crippen LogP contribution in [0.5, 0.6) is 0 Å². The number of hydrogen-bond donors (Lipinski definition) is 2. The van der Waals surface area contributed by atoms with E-state index in [-0.39, 0.29) is 6.04 Å². The van der Waals surface area contributed by atoms with Gasteiger partial charge in [-0.3, -0.25) is 0 Å². The second-order valence-corrected chi connectivity index (χ2v) is 5.30. The van der Waals surface area contributed by atoms with Crippen LogP contribution in [0.15, 0.2) is 12.3 Å². The van der Waals surface area contributed by atoms with Crippen LogP contribution < -0.4 is 10.6 Å². The van der Waals surface area contributed by atoms with E-state index in [1.807, 2.05) is 19.9 Å². The van der Waals surface area contributed by atoms with Gasteiger partial charge in [0.05, 0.1) is 16.7 Å². The molecule has 0 spiro atoms. The summed E-state index contributed by atoms with van der Waals surface area (Å²) < 4.78 is 0. The molecule has 1 unspecified atom stereocenters. The number of anilines is 2. The number of nitrogens with one attached hydrogen (secondary N) is 2. The minimum atomic E-state index is 0.191. The highest BCUT2D eigenvalue weighted by Crippen LogP contribution is 2.26. The smallest absolute Gasteiger partial charge is 0.224 e. The average Bonchev–Trinajstić information content (AvgIpc) is 2.69. The van der Waals surface area contributed by atoms with Gasteiger partial charge in [0.25, 0.3) is 0 Å². The summed E-state index contributed by atoms with van der Waals surface area (Å²) in [4.78, 5) is 14.1. The fourth-order valence-electron chi connectivity index (χ4n) is 1.80. The van der Waals surface area contributed by atoms with E-state index in [2.05, 4.69) is 32.5 Å². The number of rotatable bonds is 4. The van der Waals surface area contributed by atoms with Crippen LogP contribution >= 0.6 is 11.3 Å². The molecule has 0 aliphatic carbocycles. The van der Waals surface area contributed by atoms with E-state index >= 15 is 0 Å². The molecule has 1 atom stereocenters. The van der Waals surface area contributed by atoms with Crippen LogP contribution in [-0.2, 0) is 0 Å². The predicted octanol–water partition coefficient (Wildman–Crippen LogP) is 2.76. The van der Waals surface area contributed by atoms with Crippen molar-refractivity contribution in [1.82, 2.24) is 15.0 Å². The molecule has 2 aromatic heterocycles. The maximum atomic E-state index is 4.44. The van der Waals surface area contributed by atoms with Gasteiger partial charge in [-0.15, -0.1) is 11.3 Å². The summed E-state index contributed by atoms with van der Waals surface area (Å²) in [7, 11) is 1.80. The lowest BCUT2D eigenvalue weighted by molar-refractivity contribution is 0.877. The van der Waals surface area contributed by atoms with E-state index in [1.165, 1.54) is 4.88 Å². The van der Waals surface area contributed by atoms with Crippen LogP contribution in [0.4, 0.5) is 11.8 Å². The zero-order valence-electron chi connectivity index (χ0n) is 11.0. The Morgan fingerprint density at radius 2 is 2.06 bits per heavy atom. The molecule has 2 heterocycles. The monoisotopic (exact) mass is 263 g/mol. The van der Waals surface area contributed by atoms with Gasteiger partial charge in [-0.1, -0.05) is 0 Å². The lowest BCUT2D eigenvalue weighted by Crippen LogP contribution is -2.09. The average molecular weight is 263 g/mol. The summed E-state index contributed by atoms with van der Waals surface area (Å²) >= 11 is 1.72. The van der Waals surface area contributed by atoms with E-state index in [0.29, 0.717) is 5.95 Å². The quantitative estimate of drug-likeness (QED) is 0.888. The largest absolute Gasteiger partial charge is 0.362 e. The Morgan fingerprint density at radius 1 is 1.28 bits per heavy atom. The Kier molecular flexibility index (Phi) is 3.76. The summed E-state index contributed by atoms with van der Waals surface area (Å²) in [6.07, 6.45) is 1.73. The van der Waals surface area contributed by atoms with E-state index in [9.17, 15) is 0 Å². The molecule has 0 saturated heterocycles. The van der Waals surface area contributed by atoms with Gasteiger partial charge in [0.15, 0.2) is 0 Å². The van der Waals surface area contributed by atoms with Crippen molar-refractivity contribution in [2.45, 2.75) is 26.8 Å². The first-order chi connectivity index (χ1) is 8.60. The Labute approximate surface area is 111 Å². The van der Waals surface area contributed by atoms with Crippen LogP contribution in [0, 0.1) is 13.8 Å². The summed E-state index contributed by atoms with van der Waals surface area (Å²) in [5.74, 6) is 1.43. The zero-order chi connectivity index (χ0) is 13.1. The minimum Gasteiger partial charge on any atom is -0.362 e. The fraction of sp³-hybridized carbons (Fsp3) is 0.417. The van der Waals surface area contributed by atoms with Crippen molar-refractivity contribution in [3.8, 4) is 0 Å². The van der Waals surface area contributed by atoms with Crippen LogP contribution in [0.2, 0.25) is 0 Å². The highest BCUT2D eigenvalue weighted by molar-refractivity contribution is 7.11. The van der Waals surface area contributed by atoms with Gasteiger partial charge in [0.2, 0.25) is 5.95 Å². The molecule has 0 aromatic carbocycles. The minimum absolute atomic E-state index is 0.191. The van der Waals surface area contributed by atoms with Crippen molar-refractivity contribution in [2.24, 2.45) is 0 Å². The second-order valence-electron chi connectivity index (χ2n) is 4.06. The van der Waals surface area contributed by atoms with Gasteiger partial charge in [-0.05, 0) is 26.8 Å². The van der Waals surface area contributed by atoms with E-state index in [0.717, 1.165) is 16.5 Å². The molecule has 2 rings (SSSR count). The van der Waals surface area contributed by atoms with Crippen molar-refractivity contribution in [1.29, 1.82) is 0 Å². The molecule has 18 heavy (non-hydrogen) atoms. The van der Waals surface area contributed by atoms with E-state index < -0.39 is 0 Å². The molecule has 0 aliphatic heterocycles. The molecule has 0 fully saturated rings. The predicted molar refractivity (Wildman–Crippen MR) is 75.2 cm³/mol. The standard InChI is InChI=1S/C12H17N5S/c1-7-11(18-9(3)15-7)8(2)16-10-5-6-14-12(13-4)17-10/h5-6,8H,1-4H3,(H2,13,14,16,17). The highest BCUT2D eigenvalue weighted by Gasteiger charge is 2.13. The molecular weight excluding hydrogens is 246 g/mol. The summed E-state index contributed by atoms with van der Waals surface area (Å²) in [6, 6.07) is 2.05. The third-order valence-corrected chi connectivity index (χ3v) is 3.83. The van der Waals surface area contributed by atoms with Crippen LogP contribution in [0.25, 0.3) is 0 Å². The maximum absolute atomic E-state index is 4.44. The molecular formula is C12H17N5S. The van der Waals surface area contributed by atoms with Gasteiger partial charge in [-0.2, -0.15) is 4.98 Å². The first kappa shape index (κ1) is 12.8. The molecule has 0 amide bonds. The molecule has 2 N–H and O–H groups in total. The Balaban J connectivity index is 2.15. The number of nitrogens with zero attached hydrogens (tertiary/aromatic N) is 3. The molecule has 0 bridgehead atoms. The summed E-state index contributed by atoms with van der Waals surface area (Å²) in [5, 5.41) is 7.38. The van der Waals surface area contributed by atoms with Crippen LogP contribution in [-0.4, -0.2) is 22.0 Å². The van der Waals surface area contributed by atoms with Gasteiger partial charge >= 0.3 is 0 Å². The Bertz CT molecular complexity index is 537. The van der Waals surface area contributed by atoms with E-state index in [4.69, 9.17) is 0 Å². The fourth-order valence-corrected chi connectivity index (χ4v) is 2.73. The SMILES string of the molecule is CNc1nccc(NC(C)c2sc(C)nc2C)n1.